The van der Waals surface area contributed by atoms with Crippen molar-refractivity contribution in [3.63, 3.8) is 0 Å². The van der Waals surface area contributed by atoms with Gasteiger partial charge in [0.05, 0.1) is 10.5 Å². The predicted octanol–water partition coefficient (Wildman–Crippen LogP) is 4.33. The summed E-state index contributed by atoms with van der Waals surface area (Å²) in [7, 11) is 0. The molecule has 104 valence electrons. The zero-order valence-electron chi connectivity index (χ0n) is 9.69. The van der Waals surface area contributed by atoms with Gasteiger partial charge >= 0.3 is 11.9 Å². The van der Waals surface area contributed by atoms with Crippen LogP contribution in [0.3, 0.4) is 0 Å². The summed E-state index contributed by atoms with van der Waals surface area (Å²) in [4.78, 5) is 13.7. The molecule has 0 atom stereocenters. The molecular weight excluding hydrogens is 297 g/mol. The fourth-order valence-electron chi connectivity index (χ4n) is 1.57. The van der Waals surface area contributed by atoms with Crippen LogP contribution in [0.15, 0.2) is 36.5 Å². The Balaban J connectivity index is 2.42. The number of hydrogen-bond acceptors (Lipinski definition) is 3. The topological polar surface area (TPSA) is 56.0 Å². The minimum absolute atomic E-state index is 0.273. The SMILES string of the molecule is O=[N+]([O-])c1cc(-c2ccc(C(F)(F)F)cc2)cnc1Cl. The molecule has 0 aliphatic rings. The van der Waals surface area contributed by atoms with Crippen LogP contribution in [0.5, 0.6) is 0 Å². The average molecular weight is 303 g/mol. The van der Waals surface area contributed by atoms with Gasteiger partial charge in [-0.3, -0.25) is 10.1 Å². The van der Waals surface area contributed by atoms with E-state index in [1.54, 1.807) is 0 Å². The summed E-state index contributed by atoms with van der Waals surface area (Å²) < 4.78 is 37.3. The van der Waals surface area contributed by atoms with E-state index in [4.69, 9.17) is 11.6 Å². The molecule has 0 amide bonds. The summed E-state index contributed by atoms with van der Waals surface area (Å²) in [6.45, 7) is 0. The average Bonchev–Trinajstić information content (AvgIpc) is 2.38. The molecule has 2 aromatic rings. The Morgan fingerprint density at radius 2 is 1.75 bits per heavy atom. The summed E-state index contributed by atoms with van der Waals surface area (Å²) in [6.07, 6.45) is -3.17. The third-order valence-electron chi connectivity index (χ3n) is 2.56. The Morgan fingerprint density at radius 1 is 1.15 bits per heavy atom. The van der Waals surface area contributed by atoms with Crippen LogP contribution < -0.4 is 0 Å². The fourth-order valence-corrected chi connectivity index (χ4v) is 1.75. The summed E-state index contributed by atoms with van der Waals surface area (Å²) in [5, 5.41) is 10.5. The lowest BCUT2D eigenvalue weighted by Gasteiger charge is -2.07. The van der Waals surface area contributed by atoms with Gasteiger partial charge in [0.25, 0.3) is 0 Å². The molecule has 1 heterocycles. The van der Waals surface area contributed by atoms with Crippen molar-refractivity contribution in [3.05, 3.63) is 57.4 Å². The van der Waals surface area contributed by atoms with Gasteiger partial charge in [-0.2, -0.15) is 13.2 Å². The molecule has 0 aliphatic heterocycles. The Labute approximate surface area is 116 Å². The normalized spacial score (nSPS) is 11.4. The maximum atomic E-state index is 12.4. The number of benzene rings is 1. The lowest BCUT2D eigenvalue weighted by Crippen LogP contribution is -2.04. The summed E-state index contributed by atoms with van der Waals surface area (Å²) in [5.41, 5.74) is -0.498. The quantitative estimate of drug-likeness (QED) is 0.471. The zero-order chi connectivity index (χ0) is 14.9. The van der Waals surface area contributed by atoms with E-state index in [1.807, 2.05) is 0 Å². The number of rotatable bonds is 2. The molecule has 4 nitrogen and oxygen atoms in total. The number of nitro groups is 1. The molecule has 0 unspecified atom stereocenters. The molecule has 20 heavy (non-hydrogen) atoms. The van der Waals surface area contributed by atoms with Gasteiger partial charge in [-0.1, -0.05) is 23.7 Å². The number of hydrogen-bond donors (Lipinski definition) is 0. The Bertz CT molecular complexity index is 657. The molecule has 1 aromatic carbocycles. The van der Waals surface area contributed by atoms with Gasteiger partial charge < -0.3 is 0 Å². The van der Waals surface area contributed by atoms with E-state index in [9.17, 15) is 23.3 Å². The van der Waals surface area contributed by atoms with Crippen molar-refractivity contribution in [3.8, 4) is 11.1 Å². The van der Waals surface area contributed by atoms with Gasteiger partial charge in [0.2, 0.25) is 5.15 Å². The number of nitrogens with zero attached hydrogens (tertiary/aromatic N) is 2. The monoisotopic (exact) mass is 302 g/mol. The van der Waals surface area contributed by atoms with Gasteiger partial charge in [-0.15, -0.1) is 0 Å². The second kappa shape index (κ2) is 5.09. The van der Waals surface area contributed by atoms with Crippen molar-refractivity contribution in [1.82, 2.24) is 4.98 Å². The van der Waals surface area contributed by atoms with Crippen LogP contribution in [-0.4, -0.2) is 9.91 Å². The van der Waals surface area contributed by atoms with E-state index in [1.165, 1.54) is 18.3 Å². The maximum Gasteiger partial charge on any atom is 0.416 e. The van der Waals surface area contributed by atoms with Crippen LogP contribution in [0.4, 0.5) is 18.9 Å². The van der Waals surface area contributed by atoms with E-state index in [0.717, 1.165) is 18.2 Å². The van der Waals surface area contributed by atoms with E-state index in [2.05, 4.69) is 4.98 Å². The molecule has 0 saturated heterocycles. The lowest BCUT2D eigenvalue weighted by atomic mass is 10.1. The molecule has 8 heteroatoms. The zero-order valence-corrected chi connectivity index (χ0v) is 10.4. The fraction of sp³-hybridized carbons (Fsp3) is 0.0833. The predicted molar refractivity (Wildman–Crippen MR) is 66.3 cm³/mol. The molecule has 0 aliphatic carbocycles. The van der Waals surface area contributed by atoms with Gasteiger partial charge in [-0.05, 0) is 17.7 Å². The number of pyridine rings is 1. The number of alkyl halides is 3. The number of halogens is 4. The molecular formula is C12H6ClF3N2O2. The largest absolute Gasteiger partial charge is 0.416 e. The number of aromatic nitrogens is 1. The summed E-state index contributed by atoms with van der Waals surface area (Å²) in [6, 6.07) is 5.40. The second-order valence-corrected chi connectivity index (χ2v) is 4.22. The first-order valence-electron chi connectivity index (χ1n) is 5.26. The van der Waals surface area contributed by atoms with Crippen LogP contribution in [0.1, 0.15) is 5.56 Å². The third-order valence-corrected chi connectivity index (χ3v) is 2.85. The van der Waals surface area contributed by atoms with Crippen molar-refractivity contribution in [2.24, 2.45) is 0 Å². The molecule has 0 fully saturated rings. The first-order valence-corrected chi connectivity index (χ1v) is 5.64. The van der Waals surface area contributed by atoms with Crippen molar-refractivity contribution in [2.75, 3.05) is 0 Å². The maximum absolute atomic E-state index is 12.4. The van der Waals surface area contributed by atoms with Gasteiger partial charge in [0.1, 0.15) is 0 Å². The Kier molecular flexibility index (Phi) is 3.63. The molecule has 1 aromatic heterocycles. The highest BCUT2D eigenvalue weighted by atomic mass is 35.5. The van der Waals surface area contributed by atoms with Gasteiger partial charge in [0.15, 0.2) is 0 Å². The molecule has 2 rings (SSSR count). The Morgan fingerprint density at radius 3 is 2.25 bits per heavy atom. The van der Waals surface area contributed by atoms with Crippen LogP contribution in [0, 0.1) is 10.1 Å². The van der Waals surface area contributed by atoms with Crippen LogP contribution in [-0.2, 0) is 6.18 Å². The van der Waals surface area contributed by atoms with Crippen molar-refractivity contribution in [2.45, 2.75) is 6.18 Å². The van der Waals surface area contributed by atoms with Crippen molar-refractivity contribution in [1.29, 1.82) is 0 Å². The Hall–Kier alpha value is -2.15. The van der Waals surface area contributed by atoms with E-state index in [0.29, 0.717) is 11.1 Å². The van der Waals surface area contributed by atoms with Crippen molar-refractivity contribution >= 4 is 17.3 Å². The summed E-state index contributed by atoms with van der Waals surface area (Å²) in [5.74, 6) is 0. The van der Waals surface area contributed by atoms with E-state index in [-0.39, 0.29) is 5.15 Å². The van der Waals surface area contributed by atoms with Gasteiger partial charge in [0, 0.05) is 17.8 Å². The molecule has 0 radical (unpaired) electrons. The molecule has 0 spiro atoms. The highest BCUT2D eigenvalue weighted by molar-refractivity contribution is 6.31. The second-order valence-electron chi connectivity index (χ2n) is 3.87. The molecule has 0 saturated carbocycles. The first-order chi connectivity index (χ1) is 9.29. The van der Waals surface area contributed by atoms with Gasteiger partial charge in [-0.25, -0.2) is 4.98 Å². The molecule has 0 bridgehead atoms. The highest BCUT2D eigenvalue weighted by Crippen LogP contribution is 2.32. The van der Waals surface area contributed by atoms with Crippen molar-refractivity contribution < 1.29 is 18.1 Å². The summed E-state index contributed by atoms with van der Waals surface area (Å²) >= 11 is 5.56. The minimum Gasteiger partial charge on any atom is -0.258 e. The highest BCUT2D eigenvalue weighted by Gasteiger charge is 2.30. The first kappa shape index (κ1) is 14.3. The van der Waals surface area contributed by atoms with Crippen LogP contribution >= 0.6 is 11.6 Å². The van der Waals surface area contributed by atoms with Crippen LogP contribution in [0.2, 0.25) is 5.15 Å². The van der Waals surface area contributed by atoms with Crippen LogP contribution in [0.25, 0.3) is 11.1 Å². The molecule has 0 N–H and O–H groups in total. The smallest absolute Gasteiger partial charge is 0.258 e. The van der Waals surface area contributed by atoms with E-state index >= 15 is 0 Å². The van der Waals surface area contributed by atoms with E-state index < -0.39 is 22.4 Å². The standard InChI is InChI=1S/C12H6ClF3N2O2/c13-11-10(18(19)20)5-8(6-17-11)7-1-3-9(4-2-7)12(14,15)16/h1-6H. The minimum atomic E-state index is -4.43. The lowest BCUT2D eigenvalue weighted by molar-refractivity contribution is -0.385. The third kappa shape index (κ3) is 2.88.